The molecule has 1 unspecified atom stereocenters. The van der Waals surface area contributed by atoms with Crippen molar-refractivity contribution in [2.75, 3.05) is 31.5 Å². The number of carbonyl (C=O) groups excluding carboxylic acids is 3. The van der Waals surface area contributed by atoms with Crippen LogP contribution >= 0.6 is 23.2 Å². The highest BCUT2D eigenvalue weighted by atomic mass is 35.5. The number of alkyl halides is 2. The molecule has 36 heavy (non-hydrogen) atoms. The predicted molar refractivity (Wildman–Crippen MR) is 129 cm³/mol. The highest BCUT2D eigenvalue weighted by Gasteiger charge is 2.68. The van der Waals surface area contributed by atoms with Crippen LogP contribution in [0.25, 0.3) is 0 Å². The van der Waals surface area contributed by atoms with Gasteiger partial charge in [0.1, 0.15) is 11.4 Å². The molecule has 1 aliphatic heterocycles. The number of Topliss-reactive ketones (excluding diaryl/α,β-unsaturated/α-hetero) is 1. The zero-order valence-electron chi connectivity index (χ0n) is 19.8. The molecule has 1 saturated heterocycles. The average molecular weight is 545 g/mol. The minimum atomic E-state index is -1.14. The van der Waals surface area contributed by atoms with E-state index in [-0.39, 0.29) is 56.3 Å². The van der Waals surface area contributed by atoms with Gasteiger partial charge in [0, 0.05) is 42.1 Å². The number of phenolic OH excluding ortho intramolecular Hbond substituents is 1. The second-order valence-corrected chi connectivity index (χ2v) is 10.1. The van der Waals surface area contributed by atoms with E-state index in [2.05, 4.69) is 0 Å². The number of ether oxygens (including phenoxy) is 3. The van der Waals surface area contributed by atoms with E-state index in [9.17, 15) is 19.5 Å². The Bertz CT molecular complexity index is 1020. The molecule has 1 heterocycles. The first-order valence-electron chi connectivity index (χ1n) is 12.0. The lowest BCUT2D eigenvalue weighted by atomic mass is 9.49. The Balaban J connectivity index is 1.73. The number of halogens is 2. The van der Waals surface area contributed by atoms with Gasteiger partial charge in [0.15, 0.2) is 11.5 Å². The van der Waals surface area contributed by atoms with Crippen LogP contribution in [0.3, 0.4) is 0 Å². The highest BCUT2D eigenvalue weighted by Crippen LogP contribution is 2.61. The first-order chi connectivity index (χ1) is 17.3. The maximum absolute atomic E-state index is 13.0. The van der Waals surface area contributed by atoms with E-state index in [0.29, 0.717) is 48.6 Å². The smallest absolute Gasteiger partial charge is 0.504 e. The topological polar surface area (TPSA) is 138 Å². The molecule has 1 aromatic carbocycles. The van der Waals surface area contributed by atoms with Gasteiger partial charge in [0.05, 0.1) is 19.3 Å². The van der Waals surface area contributed by atoms with Gasteiger partial charge in [-0.15, -0.1) is 23.2 Å². The number of nitrogens with zero attached hydrogens (tertiary/aromatic N) is 1. The van der Waals surface area contributed by atoms with Crippen LogP contribution in [0, 0.1) is 0 Å². The van der Waals surface area contributed by atoms with Gasteiger partial charge in [-0.05, 0) is 43.7 Å². The molecule has 2 aliphatic carbocycles. The van der Waals surface area contributed by atoms with Gasteiger partial charge in [0.2, 0.25) is 0 Å². The summed E-state index contributed by atoms with van der Waals surface area (Å²) >= 11 is 11.3. The van der Waals surface area contributed by atoms with Gasteiger partial charge in [-0.25, -0.2) is 15.5 Å². The molecule has 2 fully saturated rings. The van der Waals surface area contributed by atoms with E-state index in [0.717, 1.165) is 0 Å². The lowest BCUT2D eigenvalue weighted by Gasteiger charge is -2.63. The Morgan fingerprint density at radius 2 is 1.86 bits per heavy atom. The molecular formula is C24H30Cl2N2O8. The van der Waals surface area contributed by atoms with Crippen LogP contribution in [-0.2, 0) is 30.9 Å². The number of piperidine rings is 1. The van der Waals surface area contributed by atoms with Gasteiger partial charge < -0.3 is 24.2 Å². The van der Waals surface area contributed by atoms with E-state index in [1.54, 1.807) is 11.0 Å². The number of aromatic hydroxyl groups is 1. The van der Waals surface area contributed by atoms with Crippen LogP contribution in [0.2, 0.25) is 0 Å². The number of phenols is 1. The van der Waals surface area contributed by atoms with Crippen LogP contribution in [0.4, 0.5) is 9.59 Å². The maximum Gasteiger partial charge on any atom is 0.513 e. The summed E-state index contributed by atoms with van der Waals surface area (Å²) in [5, 5.41) is 11.3. The van der Waals surface area contributed by atoms with Gasteiger partial charge in [-0.3, -0.25) is 9.63 Å². The van der Waals surface area contributed by atoms with Crippen LogP contribution < -0.4 is 10.6 Å². The van der Waals surface area contributed by atoms with E-state index in [4.69, 9.17) is 48.1 Å². The third kappa shape index (κ3) is 4.49. The normalized spacial score (nSPS) is 26.6. The summed E-state index contributed by atoms with van der Waals surface area (Å²) in [5.74, 6) is 6.29. The second-order valence-electron chi connectivity index (χ2n) is 9.31. The van der Waals surface area contributed by atoms with Crippen molar-refractivity contribution in [2.45, 2.75) is 62.0 Å². The molecule has 0 spiro atoms. The maximum atomic E-state index is 13.0. The lowest BCUT2D eigenvalue weighted by Crippen LogP contribution is -2.75. The number of benzene rings is 1. The van der Waals surface area contributed by atoms with E-state index in [1.807, 2.05) is 0 Å². The Morgan fingerprint density at radius 1 is 1.14 bits per heavy atom. The van der Waals surface area contributed by atoms with Crippen molar-refractivity contribution >= 4 is 41.2 Å². The Morgan fingerprint density at radius 3 is 2.56 bits per heavy atom. The number of amides is 1. The largest absolute Gasteiger partial charge is 0.513 e. The third-order valence-electron chi connectivity index (χ3n) is 7.54. The van der Waals surface area contributed by atoms with Crippen molar-refractivity contribution in [1.82, 2.24) is 4.90 Å². The summed E-state index contributed by atoms with van der Waals surface area (Å²) in [6, 6.07) is 2.66. The van der Waals surface area contributed by atoms with Crippen molar-refractivity contribution in [3.8, 4) is 11.5 Å². The molecule has 0 aromatic heterocycles. The molecule has 3 N–H and O–H groups in total. The molecule has 0 radical (unpaired) electrons. The molecule has 3 atom stereocenters. The molecule has 2 bridgehead atoms. The number of fused-ring (bicyclic) bond motifs is 1. The fraction of sp³-hybridized carbons (Fsp3) is 0.625. The van der Waals surface area contributed by atoms with Crippen LogP contribution in [0.1, 0.15) is 49.7 Å². The number of rotatable bonds is 8. The predicted octanol–water partition coefficient (Wildman–Crippen LogP) is 3.55. The van der Waals surface area contributed by atoms with E-state index >= 15 is 0 Å². The average Bonchev–Trinajstić information content (AvgIpc) is 2.85. The summed E-state index contributed by atoms with van der Waals surface area (Å²) in [6.45, 7) is 0.535. The molecule has 4 rings (SSSR count). The molecule has 198 valence electrons. The lowest BCUT2D eigenvalue weighted by molar-refractivity contribution is -0.197. The SMILES string of the molecule is NOC12CCC(=O)C[C@@]13CCN(C(=O)OCCCCl)[C@@H]2Cc1ccc(OC(=O)OCCCCl)c(O)c13. The number of nitrogens with two attached hydrogens (primary N) is 1. The highest BCUT2D eigenvalue weighted by molar-refractivity contribution is 6.18. The van der Waals surface area contributed by atoms with E-state index < -0.39 is 29.3 Å². The fourth-order valence-corrected chi connectivity index (χ4v) is 6.27. The summed E-state index contributed by atoms with van der Waals surface area (Å²) in [5.41, 5.74) is -0.998. The summed E-state index contributed by atoms with van der Waals surface area (Å²) in [4.78, 5) is 45.2. The first kappa shape index (κ1) is 26.8. The molecule has 10 nitrogen and oxygen atoms in total. The number of hydrogen-bond acceptors (Lipinski definition) is 9. The summed E-state index contributed by atoms with van der Waals surface area (Å²) in [7, 11) is 0. The molecule has 12 heteroatoms. The van der Waals surface area contributed by atoms with Crippen molar-refractivity contribution in [3.63, 3.8) is 0 Å². The van der Waals surface area contributed by atoms with Crippen molar-refractivity contribution in [3.05, 3.63) is 23.3 Å². The second kappa shape index (κ2) is 11.0. The van der Waals surface area contributed by atoms with Crippen LogP contribution in [0.5, 0.6) is 11.5 Å². The monoisotopic (exact) mass is 544 g/mol. The zero-order chi connectivity index (χ0) is 25.9. The first-order valence-corrected chi connectivity index (χ1v) is 13.1. The van der Waals surface area contributed by atoms with Crippen LogP contribution in [-0.4, -0.2) is 71.2 Å². The Hall–Kier alpha value is -2.27. The van der Waals surface area contributed by atoms with Gasteiger partial charge in [-0.1, -0.05) is 6.07 Å². The standard InChI is InChI=1S/C24H30Cl2N2O8/c25-8-1-11-33-21(31)28-10-7-23-14-16(29)5-6-24(23,36-27)18(28)13-15-3-4-17(20(30)19(15)23)35-22(32)34-12-2-9-26/h3-4,18,30H,1-2,5-14,27H2/t18-,23-,24?/m1/s1. The minimum Gasteiger partial charge on any atom is -0.504 e. The van der Waals surface area contributed by atoms with Crippen LogP contribution in [0.15, 0.2) is 12.1 Å². The van der Waals surface area contributed by atoms with E-state index in [1.165, 1.54) is 6.07 Å². The zero-order valence-corrected chi connectivity index (χ0v) is 21.3. The number of carbonyl (C=O) groups is 3. The Kier molecular flexibility index (Phi) is 8.18. The summed E-state index contributed by atoms with van der Waals surface area (Å²) in [6.07, 6.45) is 0.670. The molecule has 1 saturated carbocycles. The summed E-state index contributed by atoms with van der Waals surface area (Å²) < 4.78 is 15.7. The van der Waals surface area contributed by atoms with Crippen molar-refractivity contribution < 1.29 is 38.5 Å². The fourth-order valence-electron chi connectivity index (χ4n) is 6.05. The number of likely N-dealkylation sites (tertiary alicyclic amines) is 1. The Labute approximate surface area is 218 Å². The van der Waals surface area contributed by atoms with Gasteiger partial charge >= 0.3 is 12.2 Å². The quantitative estimate of drug-likeness (QED) is 0.165. The van der Waals surface area contributed by atoms with Crippen molar-refractivity contribution in [1.29, 1.82) is 0 Å². The minimum absolute atomic E-state index is 0.00128. The third-order valence-corrected chi connectivity index (χ3v) is 8.07. The molecule has 1 aromatic rings. The molecule has 3 aliphatic rings. The molecular weight excluding hydrogens is 515 g/mol. The van der Waals surface area contributed by atoms with Gasteiger partial charge in [0.25, 0.3) is 0 Å². The van der Waals surface area contributed by atoms with Crippen molar-refractivity contribution in [2.24, 2.45) is 5.90 Å². The number of ketones is 1. The van der Waals surface area contributed by atoms with Gasteiger partial charge in [-0.2, -0.15) is 0 Å². The molecule has 1 amide bonds. The number of hydrogen-bond donors (Lipinski definition) is 2.